The predicted molar refractivity (Wildman–Crippen MR) is 265 cm³/mol. The van der Waals surface area contributed by atoms with Gasteiger partial charge in [-0.2, -0.15) is 0 Å². The Kier molecular flexibility index (Phi) is 7.91. The van der Waals surface area contributed by atoms with Crippen molar-refractivity contribution in [3.8, 4) is 33.4 Å². The number of hydrogen-bond acceptors (Lipinski definition) is 3. The van der Waals surface area contributed by atoms with Crippen LogP contribution in [0.15, 0.2) is 233 Å². The van der Waals surface area contributed by atoms with Gasteiger partial charge in [0.2, 0.25) is 0 Å². The zero-order valence-corrected chi connectivity index (χ0v) is 34.1. The number of hydrogen-bond donors (Lipinski definition) is 0. The second-order valence-corrected chi connectivity index (χ2v) is 16.4. The molecule has 0 aliphatic rings. The van der Waals surface area contributed by atoms with Crippen molar-refractivity contribution in [2.75, 3.05) is 4.90 Å². The Morgan fingerprint density at radius 2 is 0.841 bits per heavy atom. The summed E-state index contributed by atoms with van der Waals surface area (Å²) in [6, 6.07) is 80.6. The third-order valence-electron chi connectivity index (χ3n) is 12.9. The third kappa shape index (κ3) is 5.67. The van der Waals surface area contributed by atoms with Gasteiger partial charge >= 0.3 is 0 Å². The average Bonchev–Trinajstić information content (AvgIpc) is 3.93. The Morgan fingerprint density at radius 1 is 0.286 bits per heavy atom. The first-order valence-electron chi connectivity index (χ1n) is 21.5. The molecule has 0 aliphatic heterocycles. The molecule has 0 bridgehead atoms. The number of anilines is 3. The summed E-state index contributed by atoms with van der Waals surface area (Å²) >= 11 is 0. The lowest BCUT2D eigenvalue weighted by Gasteiger charge is -2.28. The van der Waals surface area contributed by atoms with Crippen molar-refractivity contribution in [1.82, 2.24) is 0 Å². The number of para-hydroxylation sites is 3. The van der Waals surface area contributed by atoms with E-state index < -0.39 is 0 Å². The van der Waals surface area contributed by atoms with E-state index >= 15 is 0 Å². The molecule has 0 radical (unpaired) electrons. The van der Waals surface area contributed by atoms with Crippen molar-refractivity contribution in [3.63, 3.8) is 0 Å². The maximum atomic E-state index is 6.61. The van der Waals surface area contributed by atoms with Crippen molar-refractivity contribution in [2.45, 2.75) is 0 Å². The molecule has 0 saturated heterocycles. The summed E-state index contributed by atoms with van der Waals surface area (Å²) in [5.74, 6) is 0. The van der Waals surface area contributed by atoms with Crippen molar-refractivity contribution in [2.24, 2.45) is 0 Å². The van der Waals surface area contributed by atoms with Crippen LogP contribution in [0, 0.1) is 0 Å². The van der Waals surface area contributed by atoms with Gasteiger partial charge in [0.05, 0.1) is 5.69 Å². The van der Waals surface area contributed by atoms with Crippen LogP contribution in [0.4, 0.5) is 17.1 Å². The molecular weight excluding hydrogens is 767 g/mol. The van der Waals surface area contributed by atoms with E-state index in [2.05, 4.69) is 211 Å². The van der Waals surface area contributed by atoms with Crippen LogP contribution >= 0.6 is 0 Å². The number of fused-ring (bicyclic) bond motifs is 10. The molecule has 0 amide bonds. The van der Waals surface area contributed by atoms with Gasteiger partial charge in [0, 0.05) is 43.9 Å². The van der Waals surface area contributed by atoms with E-state index in [0.717, 1.165) is 88.8 Å². The standard InChI is InChI=1S/C60H37NO2/c1-4-15-46-39(12-1)28-35-52(54-21-11-20-53-50-19-8-10-23-57(50)63-60(53)54)59(46)40-26-32-44(33-27-40)61(55-36-42-13-2-3-14-45(42)47-16-5-6-17-48(47)55)43-30-24-38(25-31-43)41-29-34-51-49-18-7-9-22-56(49)62-58(51)37-41/h1-37H. The lowest BCUT2D eigenvalue weighted by molar-refractivity contribution is 0.669. The van der Waals surface area contributed by atoms with Crippen molar-refractivity contribution in [3.05, 3.63) is 224 Å². The first-order chi connectivity index (χ1) is 31.2. The first-order valence-corrected chi connectivity index (χ1v) is 21.5. The summed E-state index contributed by atoms with van der Waals surface area (Å²) in [5.41, 5.74) is 13.6. The summed E-state index contributed by atoms with van der Waals surface area (Å²) in [4.78, 5) is 2.41. The van der Waals surface area contributed by atoms with Crippen LogP contribution in [0.2, 0.25) is 0 Å². The first kappa shape index (κ1) is 35.4. The monoisotopic (exact) mass is 803 g/mol. The van der Waals surface area contributed by atoms with E-state index in [1.807, 2.05) is 18.2 Å². The van der Waals surface area contributed by atoms with Crippen LogP contribution in [0.5, 0.6) is 0 Å². The van der Waals surface area contributed by atoms with E-state index in [9.17, 15) is 0 Å². The normalized spacial score (nSPS) is 11.8. The molecule has 2 aromatic heterocycles. The molecule has 3 nitrogen and oxygen atoms in total. The molecule has 0 fully saturated rings. The smallest absolute Gasteiger partial charge is 0.143 e. The summed E-state index contributed by atoms with van der Waals surface area (Å²) in [6.45, 7) is 0. The van der Waals surface area contributed by atoms with E-state index in [-0.39, 0.29) is 0 Å². The Labute approximate surface area is 363 Å². The van der Waals surface area contributed by atoms with Gasteiger partial charge in [0.25, 0.3) is 0 Å². The predicted octanol–water partition coefficient (Wildman–Crippen LogP) is 17.4. The molecule has 11 aromatic carbocycles. The molecule has 0 saturated carbocycles. The number of benzene rings is 11. The zero-order valence-electron chi connectivity index (χ0n) is 34.1. The highest BCUT2D eigenvalue weighted by Crippen LogP contribution is 2.46. The van der Waals surface area contributed by atoms with Gasteiger partial charge in [-0.1, -0.05) is 170 Å². The molecule has 13 aromatic rings. The molecule has 0 aliphatic carbocycles. The van der Waals surface area contributed by atoms with Crippen LogP contribution in [0.3, 0.4) is 0 Å². The average molecular weight is 804 g/mol. The summed E-state index contributed by atoms with van der Waals surface area (Å²) in [5, 5.41) is 11.8. The molecule has 0 N–H and O–H groups in total. The quantitative estimate of drug-likeness (QED) is 0.157. The molecule has 0 atom stereocenters. The highest BCUT2D eigenvalue weighted by molar-refractivity contribution is 6.16. The Morgan fingerprint density at radius 3 is 1.60 bits per heavy atom. The number of furan rings is 2. The SMILES string of the molecule is c1ccc2c(-c3ccc(N(c4ccc(-c5ccc6c(c5)oc5ccccc56)cc4)c4cc5ccccc5c5ccccc45)cc3)c(-c3cccc4c3oc3ccccc34)ccc2c1. The van der Waals surface area contributed by atoms with E-state index in [4.69, 9.17) is 8.83 Å². The molecule has 63 heavy (non-hydrogen) atoms. The van der Waals surface area contributed by atoms with Gasteiger partial charge in [-0.05, 0) is 109 Å². The fraction of sp³-hybridized carbons (Fsp3) is 0. The summed E-state index contributed by atoms with van der Waals surface area (Å²) in [7, 11) is 0. The fourth-order valence-electron chi connectivity index (χ4n) is 9.90. The van der Waals surface area contributed by atoms with Gasteiger partial charge in [0.15, 0.2) is 0 Å². The van der Waals surface area contributed by atoms with Gasteiger partial charge < -0.3 is 13.7 Å². The number of rotatable bonds is 6. The second-order valence-electron chi connectivity index (χ2n) is 16.4. The lowest BCUT2D eigenvalue weighted by Crippen LogP contribution is -2.10. The highest BCUT2D eigenvalue weighted by atomic mass is 16.3. The second kappa shape index (κ2) is 14.1. The van der Waals surface area contributed by atoms with E-state index in [1.54, 1.807) is 0 Å². The Balaban J connectivity index is 0.975. The lowest BCUT2D eigenvalue weighted by atomic mass is 9.89. The van der Waals surface area contributed by atoms with Crippen molar-refractivity contribution in [1.29, 1.82) is 0 Å². The summed E-state index contributed by atoms with van der Waals surface area (Å²) in [6.07, 6.45) is 0. The number of nitrogens with zero attached hydrogens (tertiary/aromatic N) is 1. The molecule has 2 heterocycles. The Bertz CT molecular complexity index is 3910. The fourth-order valence-corrected chi connectivity index (χ4v) is 9.90. The van der Waals surface area contributed by atoms with Crippen molar-refractivity contribution < 1.29 is 8.83 Å². The van der Waals surface area contributed by atoms with Crippen LogP contribution in [0.25, 0.3) is 110 Å². The third-order valence-corrected chi connectivity index (χ3v) is 12.9. The zero-order chi connectivity index (χ0) is 41.4. The van der Waals surface area contributed by atoms with E-state index in [1.165, 1.54) is 37.9 Å². The molecule has 0 unspecified atom stereocenters. The molecule has 3 heteroatoms. The van der Waals surface area contributed by atoms with Crippen LogP contribution < -0.4 is 4.90 Å². The molecule has 294 valence electrons. The minimum atomic E-state index is 0.894. The minimum absolute atomic E-state index is 0.894. The maximum Gasteiger partial charge on any atom is 0.143 e. The summed E-state index contributed by atoms with van der Waals surface area (Å²) < 4.78 is 12.9. The molecular formula is C60H37NO2. The topological polar surface area (TPSA) is 29.5 Å². The molecule has 0 spiro atoms. The van der Waals surface area contributed by atoms with Crippen LogP contribution in [0.1, 0.15) is 0 Å². The maximum absolute atomic E-state index is 6.61. The van der Waals surface area contributed by atoms with Crippen LogP contribution in [-0.2, 0) is 0 Å². The molecule has 13 rings (SSSR count). The van der Waals surface area contributed by atoms with Gasteiger partial charge in [0.1, 0.15) is 22.3 Å². The van der Waals surface area contributed by atoms with Crippen molar-refractivity contribution >= 4 is 93.3 Å². The Hall–Kier alpha value is -8.40. The highest BCUT2D eigenvalue weighted by Gasteiger charge is 2.21. The largest absolute Gasteiger partial charge is 0.456 e. The minimum Gasteiger partial charge on any atom is -0.456 e. The van der Waals surface area contributed by atoms with Gasteiger partial charge in [-0.3, -0.25) is 0 Å². The van der Waals surface area contributed by atoms with Gasteiger partial charge in [-0.25, -0.2) is 0 Å². The van der Waals surface area contributed by atoms with Gasteiger partial charge in [-0.15, -0.1) is 0 Å². The van der Waals surface area contributed by atoms with Crippen LogP contribution in [-0.4, -0.2) is 0 Å². The van der Waals surface area contributed by atoms with E-state index in [0.29, 0.717) is 0 Å².